The number of amides is 1. The van der Waals surface area contributed by atoms with Crippen molar-refractivity contribution in [3.63, 3.8) is 0 Å². The molecule has 0 spiro atoms. The minimum Gasteiger partial charge on any atom is -0.339 e. The molecule has 0 aliphatic heterocycles. The normalized spacial score (nSPS) is 10.8. The molecule has 8 nitrogen and oxygen atoms in total. The van der Waals surface area contributed by atoms with Gasteiger partial charge in [0.15, 0.2) is 11.6 Å². The predicted octanol–water partition coefficient (Wildman–Crippen LogP) is 2.43. The quantitative estimate of drug-likeness (QED) is 0.633. The van der Waals surface area contributed by atoms with E-state index in [1.165, 1.54) is 5.56 Å². The molecule has 0 unspecified atom stereocenters. The lowest BCUT2D eigenvalue weighted by Gasteiger charge is -2.02. The van der Waals surface area contributed by atoms with Gasteiger partial charge in [-0.25, -0.2) is 0 Å². The summed E-state index contributed by atoms with van der Waals surface area (Å²) in [6, 6.07) is 5.75. The SMILES string of the molecule is CCCc1noc(CCC(=O)Nc2ccn(CCc3ccncc3)n2)n1. The van der Waals surface area contributed by atoms with Crippen molar-refractivity contribution in [1.29, 1.82) is 0 Å². The summed E-state index contributed by atoms with van der Waals surface area (Å²) < 4.78 is 6.94. The van der Waals surface area contributed by atoms with E-state index in [-0.39, 0.29) is 12.3 Å². The molecule has 0 aliphatic carbocycles. The molecule has 3 rings (SSSR count). The van der Waals surface area contributed by atoms with Gasteiger partial charge in [-0.2, -0.15) is 10.1 Å². The molecule has 0 aromatic carbocycles. The zero-order chi connectivity index (χ0) is 18.2. The van der Waals surface area contributed by atoms with Crippen molar-refractivity contribution in [1.82, 2.24) is 24.9 Å². The summed E-state index contributed by atoms with van der Waals surface area (Å²) in [6.07, 6.45) is 8.71. The summed E-state index contributed by atoms with van der Waals surface area (Å²) in [5, 5.41) is 11.0. The molecule has 136 valence electrons. The molecule has 0 fully saturated rings. The van der Waals surface area contributed by atoms with Crippen LogP contribution in [0.1, 0.15) is 37.0 Å². The van der Waals surface area contributed by atoms with E-state index in [1.54, 1.807) is 18.5 Å². The van der Waals surface area contributed by atoms with Crippen molar-refractivity contribution in [3.8, 4) is 0 Å². The molecule has 3 heterocycles. The minimum atomic E-state index is -0.125. The van der Waals surface area contributed by atoms with Crippen LogP contribution in [0.25, 0.3) is 0 Å². The van der Waals surface area contributed by atoms with Crippen LogP contribution in [0.2, 0.25) is 0 Å². The fourth-order valence-electron chi connectivity index (χ4n) is 2.49. The van der Waals surface area contributed by atoms with Gasteiger partial charge in [0.1, 0.15) is 0 Å². The summed E-state index contributed by atoms with van der Waals surface area (Å²) in [6.45, 7) is 2.79. The van der Waals surface area contributed by atoms with E-state index in [4.69, 9.17) is 4.52 Å². The zero-order valence-corrected chi connectivity index (χ0v) is 14.8. The number of hydrogen-bond donors (Lipinski definition) is 1. The Kier molecular flexibility index (Phi) is 6.08. The molecule has 0 radical (unpaired) electrons. The molecule has 0 saturated carbocycles. The van der Waals surface area contributed by atoms with Crippen LogP contribution in [-0.2, 0) is 30.6 Å². The van der Waals surface area contributed by atoms with Crippen molar-refractivity contribution in [3.05, 3.63) is 54.1 Å². The summed E-state index contributed by atoms with van der Waals surface area (Å²) in [4.78, 5) is 20.3. The van der Waals surface area contributed by atoms with E-state index in [0.29, 0.717) is 24.0 Å². The number of carbonyl (C=O) groups is 1. The molecule has 8 heteroatoms. The largest absolute Gasteiger partial charge is 0.339 e. The molecule has 0 atom stereocenters. The highest BCUT2D eigenvalue weighted by molar-refractivity contribution is 5.89. The van der Waals surface area contributed by atoms with E-state index in [9.17, 15) is 4.79 Å². The van der Waals surface area contributed by atoms with Gasteiger partial charge in [-0.05, 0) is 30.5 Å². The zero-order valence-electron chi connectivity index (χ0n) is 14.8. The maximum atomic E-state index is 12.0. The Morgan fingerprint density at radius 1 is 1.19 bits per heavy atom. The van der Waals surface area contributed by atoms with Crippen LogP contribution in [0.3, 0.4) is 0 Å². The van der Waals surface area contributed by atoms with Crippen LogP contribution in [0.15, 0.2) is 41.3 Å². The number of aryl methyl sites for hydroxylation is 4. The lowest BCUT2D eigenvalue weighted by Crippen LogP contribution is -2.13. The Hall–Kier alpha value is -3.03. The van der Waals surface area contributed by atoms with Gasteiger partial charge >= 0.3 is 0 Å². The predicted molar refractivity (Wildman–Crippen MR) is 95.4 cm³/mol. The maximum Gasteiger partial charge on any atom is 0.227 e. The van der Waals surface area contributed by atoms with E-state index in [2.05, 4.69) is 32.5 Å². The molecule has 0 saturated heterocycles. The fraction of sp³-hybridized carbons (Fsp3) is 0.389. The molecular weight excluding hydrogens is 332 g/mol. The van der Waals surface area contributed by atoms with Crippen molar-refractivity contribution in [2.45, 2.75) is 45.6 Å². The van der Waals surface area contributed by atoms with Crippen LogP contribution in [0, 0.1) is 0 Å². The first-order valence-electron chi connectivity index (χ1n) is 8.76. The first-order valence-corrected chi connectivity index (χ1v) is 8.76. The first-order chi connectivity index (χ1) is 12.7. The van der Waals surface area contributed by atoms with Gasteiger partial charge in [-0.1, -0.05) is 12.1 Å². The monoisotopic (exact) mass is 354 g/mol. The standard InChI is InChI=1S/C18H22N6O2/c1-2-3-16-21-18(26-23-16)5-4-17(25)20-15-9-13-24(22-15)12-8-14-6-10-19-11-7-14/h6-7,9-11,13H,2-5,8,12H2,1H3,(H,20,22,25). The molecule has 0 bridgehead atoms. The smallest absolute Gasteiger partial charge is 0.227 e. The number of anilines is 1. The average Bonchev–Trinajstić information content (AvgIpc) is 3.29. The van der Waals surface area contributed by atoms with Crippen molar-refractivity contribution in [2.24, 2.45) is 0 Å². The highest BCUT2D eigenvalue weighted by Gasteiger charge is 2.10. The Balaban J connectivity index is 1.43. The second kappa shape index (κ2) is 8.89. The Morgan fingerprint density at radius 3 is 2.85 bits per heavy atom. The van der Waals surface area contributed by atoms with Crippen molar-refractivity contribution >= 4 is 11.7 Å². The van der Waals surface area contributed by atoms with Gasteiger partial charge in [-0.3, -0.25) is 14.5 Å². The third kappa shape index (κ3) is 5.23. The number of hydrogen-bond acceptors (Lipinski definition) is 6. The highest BCUT2D eigenvalue weighted by Crippen LogP contribution is 2.07. The topological polar surface area (TPSA) is 98.7 Å². The van der Waals surface area contributed by atoms with E-state index in [1.807, 2.05) is 23.0 Å². The molecular formula is C18H22N6O2. The van der Waals surface area contributed by atoms with E-state index >= 15 is 0 Å². The Morgan fingerprint density at radius 2 is 2.04 bits per heavy atom. The van der Waals surface area contributed by atoms with Crippen LogP contribution >= 0.6 is 0 Å². The summed E-state index contributed by atoms with van der Waals surface area (Å²) >= 11 is 0. The molecule has 1 N–H and O–H groups in total. The van der Waals surface area contributed by atoms with Crippen molar-refractivity contribution < 1.29 is 9.32 Å². The summed E-state index contributed by atoms with van der Waals surface area (Å²) in [5.41, 5.74) is 1.20. The third-order valence-electron chi connectivity index (χ3n) is 3.84. The number of rotatable bonds is 9. The number of nitrogens with zero attached hydrogens (tertiary/aromatic N) is 5. The summed E-state index contributed by atoms with van der Waals surface area (Å²) in [7, 11) is 0. The van der Waals surface area contributed by atoms with Crippen LogP contribution in [0.4, 0.5) is 5.82 Å². The first kappa shape index (κ1) is 17.8. The van der Waals surface area contributed by atoms with E-state index in [0.717, 1.165) is 25.8 Å². The number of carbonyl (C=O) groups excluding carboxylic acids is 1. The Labute approximate surface area is 151 Å². The molecule has 3 aromatic rings. The number of pyridine rings is 1. The van der Waals surface area contributed by atoms with Gasteiger partial charge in [0.2, 0.25) is 11.8 Å². The lowest BCUT2D eigenvalue weighted by atomic mass is 10.2. The fourth-order valence-corrected chi connectivity index (χ4v) is 2.49. The molecule has 0 aliphatic rings. The third-order valence-corrected chi connectivity index (χ3v) is 3.84. The van der Waals surface area contributed by atoms with Gasteiger partial charge in [0.05, 0.1) is 0 Å². The average molecular weight is 354 g/mol. The second-order valence-electron chi connectivity index (χ2n) is 5.97. The highest BCUT2D eigenvalue weighted by atomic mass is 16.5. The van der Waals surface area contributed by atoms with Crippen molar-refractivity contribution in [2.75, 3.05) is 5.32 Å². The number of nitrogens with one attached hydrogen (secondary N) is 1. The number of aromatic nitrogens is 5. The van der Waals surface area contributed by atoms with Gasteiger partial charge in [0.25, 0.3) is 0 Å². The van der Waals surface area contributed by atoms with Gasteiger partial charge in [0, 0.05) is 50.5 Å². The van der Waals surface area contributed by atoms with Crippen LogP contribution < -0.4 is 5.32 Å². The van der Waals surface area contributed by atoms with Crippen LogP contribution in [-0.4, -0.2) is 30.8 Å². The summed E-state index contributed by atoms with van der Waals surface area (Å²) in [5.74, 6) is 1.60. The van der Waals surface area contributed by atoms with E-state index < -0.39 is 0 Å². The van der Waals surface area contributed by atoms with Crippen LogP contribution in [0.5, 0.6) is 0 Å². The van der Waals surface area contributed by atoms with Gasteiger partial charge < -0.3 is 9.84 Å². The Bertz CT molecular complexity index is 827. The molecule has 1 amide bonds. The molecule has 26 heavy (non-hydrogen) atoms. The maximum absolute atomic E-state index is 12.0. The molecule has 3 aromatic heterocycles. The minimum absolute atomic E-state index is 0.125. The second-order valence-corrected chi connectivity index (χ2v) is 5.97. The lowest BCUT2D eigenvalue weighted by molar-refractivity contribution is -0.116. The van der Waals surface area contributed by atoms with Gasteiger partial charge in [-0.15, -0.1) is 0 Å².